The molecule has 0 saturated carbocycles. The lowest BCUT2D eigenvalue weighted by Gasteiger charge is -2.17. The van der Waals surface area contributed by atoms with Crippen LogP contribution in [0.1, 0.15) is 25.5 Å². The van der Waals surface area contributed by atoms with Crippen LogP contribution in [0.15, 0.2) is 42.9 Å². The molecule has 1 aromatic carbocycles. The predicted molar refractivity (Wildman–Crippen MR) is 96.7 cm³/mol. The van der Waals surface area contributed by atoms with Crippen LogP contribution >= 0.6 is 11.6 Å². The average Bonchev–Trinajstić information content (AvgIpc) is 3.06. The van der Waals surface area contributed by atoms with Crippen molar-refractivity contribution < 1.29 is 4.39 Å². The van der Waals surface area contributed by atoms with Crippen molar-refractivity contribution in [3.05, 3.63) is 59.3 Å². The lowest BCUT2D eigenvalue weighted by molar-refractivity contribution is 0.600. The monoisotopic (exact) mass is 360 g/mol. The first-order valence-electron chi connectivity index (χ1n) is 7.89. The molecular weight excluding hydrogens is 343 g/mol. The highest BCUT2D eigenvalue weighted by atomic mass is 35.5. The number of benzene rings is 1. The van der Waals surface area contributed by atoms with Crippen LogP contribution in [0.4, 0.5) is 21.8 Å². The number of halogens is 2. The Kier molecular flexibility index (Phi) is 5.14. The van der Waals surface area contributed by atoms with Crippen LogP contribution in [0, 0.1) is 5.82 Å². The normalized spacial score (nSPS) is 12.0. The summed E-state index contributed by atoms with van der Waals surface area (Å²) in [5.74, 6) is 0.527. The number of anilines is 3. The van der Waals surface area contributed by atoms with E-state index in [1.807, 2.05) is 20.0 Å². The van der Waals surface area contributed by atoms with Gasteiger partial charge in [0.1, 0.15) is 10.8 Å². The molecule has 0 fully saturated rings. The number of nitrogens with zero attached hydrogens (tertiary/aromatic N) is 4. The van der Waals surface area contributed by atoms with Gasteiger partial charge >= 0.3 is 0 Å². The Morgan fingerprint density at radius 2 is 2.08 bits per heavy atom. The maximum atomic E-state index is 13.9. The Bertz CT molecular complexity index is 866. The van der Waals surface area contributed by atoms with Crippen molar-refractivity contribution in [2.24, 2.45) is 0 Å². The van der Waals surface area contributed by atoms with Crippen molar-refractivity contribution >= 4 is 29.1 Å². The molecule has 3 rings (SSSR count). The van der Waals surface area contributed by atoms with Crippen LogP contribution in [0.3, 0.4) is 0 Å². The fourth-order valence-corrected chi connectivity index (χ4v) is 2.51. The molecule has 0 spiro atoms. The van der Waals surface area contributed by atoms with Crippen molar-refractivity contribution in [1.29, 1.82) is 0 Å². The fourth-order valence-electron chi connectivity index (χ4n) is 2.37. The van der Waals surface area contributed by atoms with Crippen LogP contribution in [0.2, 0.25) is 5.02 Å². The third-order valence-corrected chi connectivity index (χ3v) is 3.96. The second-order valence-corrected chi connectivity index (χ2v) is 5.89. The highest BCUT2D eigenvalue weighted by Crippen LogP contribution is 2.26. The summed E-state index contributed by atoms with van der Waals surface area (Å²) in [5.41, 5.74) is 1.31. The van der Waals surface area contributed by atoms with Crippen LogP contribution in [0.25, 0.3) is 0 Å². The molecule has 0 radical (unpaired) electrons. The van der Waals surface area contributed by atoms with Crippen molar-refractivity contribution in [2.45, 2.75) is 26.4 Å². The zero-order valence-corrected chi connectivity index (χ0v) is 14.6. The van der Waals surface area contributed by atoms with Gasteiger partial charge in [0.25, 0.3) is 0 Å². The molecule has 3 aromatic rings. The molecule has 6 nitrogen and oxygen atoms in total. The molecule has 1 atom stereocenters. The molecule has 8 heteroatoms. The zero-order valence-electron chi connectivity index (χ0n) is 13.9. The highest BCUT2D eigenvalue weighted by molar-refractivity contribution is 6.32. The quantitative estimate of drug-likeness (QED) is 0.681. The Labute approximate surface area is 150 Å². The largest absolute Gasteiger partial charge is 0.362 e. The fraction of sp³-hybridized carbons (Fsp3) is 0.235. The van der Waals surface area contributed by atoms with Crippen LogP contribution in [-0.2, 0) is 6.54 Å². The van der Waals surface area contributed by atoms with Crippen molar-refractivity contribution in [2.75, 3.05) is 10.6 Å². The van der Waals surface area contributed by atoms with E-state index >= 15 is 0 Å². The topological polar surface area (TPSA) is 67.7 Å². The van der Waals surface area contributed by atoms with E-state index in [9.17, 15) is 4.39 Å². The average molecular weight is 361 g/mol. The lowest BCUT2D eigenvalue weighted by atomic mass is 10.1. The molecule has 0 bridgehead atoms. The van der Waals surface area contributed by atoms with Crippen LogP contribution < -0.4 is 10.6 Å². The summed E-state index contributed by atoms with van der Waals surface area (Å²) < 4.78 is 15.7. The third-order valence-electron chi connectivity index (χ3n) is 3.68. The molecule has 2 N–H and O–H groups in total. The van der Waals surface area contributed by atoms with E-state index in [4.69, 9.17) is 11.6 Å². The molecule has 130 valence electrons. The van der Waals surface area contributed by atoms with Gasteiger partial charge in [0.2, 0.25) is 5.95 Å². The van der Waals surface area contributed by atoms with Gasteiger partial charge in [0.15, 0.2) is 5.82 Å². The summed E-state index contributed by atoms with van der Waals surface area (Å²) in [6, 6.07) is 6.29. The van der Waals surface area contributed by atoms with Gasteiger partial charge in [-0.25, -0.2) is 9.37 Å². The summed E-state index contributed by atoms with van der Waals surface area (Å²) in [5, 5.41) is 10.7. The maximum absolute atomic E-state index is 13.9. The molecule has 0 aliphatic rings. The molecule has 2 heterocycles. The number of hydrogen-bond donors (Lipinski definition) is 2. The lowest BCUT2D eigenvalue weighted by Crippen LogP contribution is -2.11. The van der Waals surface area contributed by atoms with Crippen molar-refractivity contribution in [1.82, 2.24) is 19.7 Å². The molecule has 2 aromatic heterocycles. The molecule has 0 amide bonds. The third kappa shape index (κ3) is 4.06. The zero-order chi connectivity index (χ0) is 17.8. The summed E-state index contributed by atoms with van der Waals surface area (Å²) in [7, 11) is 0. The maximum Gasteiger partial charge on any atom is 0.229 e. The Morgan fingerprint density at radius 1 is 1.28 bits per heavy atom. The van der Waals surface area contributed by atoms with E-state index < -0.39 is 0 Å². The van der Waals surface area contributed by atoms with E-state index in [1.54, 1.807) is 29.1 Å². The number of aryl methyl sites for hydroxylation is 1. The van der Waals surface area contributed by atoms with Crippen LogP contribution in [0.5, 0.6) is 0 Å². The van der Waals surface area contributed by atoms with Gasteiger partial charge in [0.05, 0.1) is 24.1 Å². The molecule has 25 heavy (non-hydrogen) atoms. The van der Waals surface area contributed by atoms with E-state index in [2.05, 4.69) is 25.7 Å². The second kappa shape index (κ2) is 7.48. The van der Waals surface area contributed by atoms with Gasteiger partial charge in [-0.05, 0) is 19.9 Å². The van der Waals surface area contributed by atoms with E-state index in [0.717, 1.165) is 12.2 Å². The summed E-state index contributed by atoms with van der Waals surface area (Å²) >= 11 is 6.17. The summed E-state index contributed by atoms with van der Waals surface area (Å²) in [6.07, 6.45) is 5.04. The number of nitrogens with one attached hydrogen (secondary N) is 2. The smallest absolute Gasteiger partial charge is 0.229 e. The molecular formula is C17H18ClFN6. The first kappa shape index (κ1) is 17.2. The minimum atomic E-state index is -0.302. The van der Waals surface area contributed by atoms with Gasteiger partial charge in [-0.3, -0.25) is 4.68 Å². The van der Waals surface area contributed by atoms with Gasteiger partial charge in [0, 0.05) is 18.3 Å². The predicted octanol–water partition coefficient (Wildman–Crippen LogP) is 4.40. The van der Waals surface area contributed by atoms with Crippen molar-refractivity contribution in [3.8, 4) is 0 Å². The van der Waals surface area contributed by atoms with E-state index in [1.165, 1.54) is 12.3 Å². The van der Waals surface area contributed by atoms with Gasteiger partial charge in [-0.1, -0.05) is 29.8 Å². The van der Waals surface area contributed by atoms with E-state index in [-0.39, 0.29) is 11.9 Å². The van der Waals surface area contributed by atoms with Gasteiger partial charge in [-0.15, -0.1) is 0 Å². The number of rotatable bonds is 6. The van der Waals surface area contributed by atoms with Gasteiger partial charge < -0.3 is 10.6 Å². The minimum Gasteiger partial charge on any atom is -0.362 e. The Morgan fingerprint density at radius 3 is 2.80 bits per heavy atom. The Hall–Kier alpha value is -2.67. The molecule has 0 aliphatic heterocycles. The minimum absolute atomic E-state index is 0.280. The molecule has 0 aliphatic carbocycles. The number of hydrogen-bond acceptors (Lipinski definition) is 5. The first-order valence-corrected chi connectivity index (χ1v) is 8.27. The molecule has 0 saturated heterocycles. The Balaban J connectivity index is 1.78. The summed E-state index contributed by atoms with van der Waals surface area (Å²) in [4.78, 5) is 8.53. The van der Waals surface area contributed by atoms with Gasteiger partial charge in [-0.2, -0.15) is 10.1 Å². The second-order valence-electron chi connectivity index (χ2n) is 5.49. The molecule has 1 unspecified atom stereocenters. The SMILES string of the molecule is CCn1cc(Nc2ncc(Cl)c(NC(C)c3ccccc3F)n2)cn1. The first-order chi connectivity index (χ1) is 12.1. The summed E-state index contributed by atoms with van der Waals surface area (Å²) in [6.45, 7) is 4.62. The van der Waals surface area contributed by atoms with E-state index in [0.29, 0.717) is 22.4 Å². The van der Waals surface area contributed by atoms with Crippen molar-refractivity contribution in [3.63, 3.8) is 0 Å². The standard InChI is InChI=1S/C17H18ClFN6/c1-3-25-10-12(8-21-25)23-17-20-9-14(18)16(24-17)22-11(2)13-6-4-5-7-15(13)19/h4-11H,3H2,1-2H3,(H2,20,22,23,24). The highest BCUT2D eigenvalue weighted by Gasteiger charge is 2.14. The number of aromatic nitrogens is 4. The van der Waals surface area contributed by atoms with Crippen LogP contribution in [-0.4, -0.2) is 19.7 Å².